The molecule has 1 saturated carbocycles. The number of rotatable bonds is 39. The molecule has 14 heteroatoms. The summed E-state index contributed by atoms with van der Waals surface area (Å²) in [6.07, 6.45) is 24.2. The Hall–Kier alpha value is -1.41. The topological polar surface area (TPSA) is 210 Å². The summed E-state index contributed by atoms with van der Waals surface area (Å²) < 4.78 is 33.5. The SMILES string of the molecule is CCCC/C=C/CCCCCCCC(=O)O[C@H](COC(=O)CCCCCCCCCCCCCCCCCCCCC)COP(=O)(O)OC1C(O)C(O)C(O)[C@@H](O)C1O. The number of hydrogen-bond acceptors (Lipinski definition) is 12. The fraction of sp³-hybridized carbons (Fsp3) is 0.911. The highest BCUT2D eigenvalue weighted by molar-refractivity contribution is 7.47. The van der Waals surface area contributed by atoms with E-state index < -0.39 is 75.7 Å². The second-order valence-electron chi connectivity index (χ2n) is 16.6. The van der Waals surface area contributed by atoms with Crippen molar-refractivity contribution < 1.29 is 63.1 Å². The molecule has 6 N–H and O–H groups in total. The Labute approximate surface area is 356 Å². The number of aliphatic hydroxyl groups is 5. The maximum absolute atomic E-state index is 12.8. The van der Waals surface area contributed by atoms with Crippen LogP contribution in [-0.2, 0) is 32.7 Å². The Bertz CT molecular complexity index is 1090. The lowest BCUT2D eigenvalue weighted by molar-refractivity contribution is -0.220. The van der Waals surface area contributed by atoms with Crippen molar-refractivity contribution in [3.05, 3.63) is 12.2 Å². The van der Waals surface area contributed by atoms with E-state index in [4.69, 9.17) is 18.5 Å². The van der Waals surface area contributed by atoms with Crippen LogP contribution in [0.5, 0.6) is 0 Å². The van der Waals surface area contributed by atoms with E-state index in [1.54, 1.807) is 0 Å². The summed E-state index contributed by atoms with van der Waals surface area (Å²) in [4.78, 5) is 35.6. The van der Waals surface area contributed by atoms with Crippen molar-refractivity contribution in [2.45, 2.75) is 249 Å². The minimum Gasteiger partial charge on any atom is -0.462 e. The number of unbranched alkanes of at least 4 members (excludes halogenated alkanes) is 25. The molecule has 1 aliphatic carbocycles. The zero-order valence-electron chi connectivity index (χ0n) is 36.8. The maximum Gasteiger partial charge on any atom is 0.472 e. The van der Waals surface area contributed by atoms with Crippen LogP contribution in [0.2, 0.25) is 0 Å². The molecule has 1 fully saturated rings. The highest BCUT2D eigenvalue weighted by Gasteiger charge is 2.51. The Morgan fingerprint density at radius 1 is 0.508 bits per heavy atom. The minimum atomic E-state index is -5.11. The zero-order chi connectivity index (χ0) is 43.6. The number of hydrogen-bond donors (Lipinski definition) is 6. The van der Waals surface area contributed by atoms with Crippen LogP contribution in [0, 0.1) is 0 Å². The summed E-state index contributed by atoms with van der Waals surface area (Å²) in [5.74, 6) is -1.10. The summed E-state index contributed by atoms with van der Waals surface area (Å²) in [6, 6.07) is 0. The van der Waals surface area contributed by atoms with Gasteiger partial charge in [0.15, 0.2) is 6.10 Å². The van der Waals surface area contributed by atoms with Gasteiger partial charge in [-0.25, -0.2) is 4.57 Å². The normalized spacial score (nSPS) is 22.4. The van der Waals surface area contributed by atoms with Gasteiger partial charge in [-0.3, -0.25) is 18.6 Å². The number of carbonyl (C=O) groups excluding carboxylic acids is 2. The van der Waals surface area contributed by atoms with Gasteiger partial charge in [0.25, 0.3) is 0 Å². The second kappa shape index (κ2) is 36.1. The van der Waals surface area contributed by atoms with Crippen molar-refractivity contribution in [2.75, 3.05) is 13.2 Å². The Kier molecular flexibility index (Phi) is 34.0. The molecule has 0 aromatic carbocycles. The lowest BCUT2D eigenvalue weighted by Crippen LogP contribution is -2.64. The molecule has 0 heterocycles. The number of phosphoric acid groups is 1. The Morgan fingerprint density at radius 3 is 1.34 bits per heavy atom. The third kappa shape index (κ3) is 28.7. The largest absolute Gasteiger partial charge is 0.472 e. The molecule has 13 nitrogen and oxygen atoms in total. The Balaban J connectivity index is 2.39. The first-order valence-corrected chi connectivity index (χ1v) is 25.0. The minimum absolute atomic E-state index is 0.0899. The van der Waals surface area contributed by atoms with Crippen LogP contribution in [0.3, 0.4) is 0 Å². The first-order valence-electron chi connectivity index (χ1n) is 23.5. The summed E-state index contributed by atoms with van der Waals surface area (Å²) in [5.41, 5.74) is 0. The molecule has 1 rings (SSSR count). The average molecular weight is 865 g/mol. The number of ether oxygens (including phenoxy) is 2. The van der Waals surface area contributed by atoms with Crippen LogP contribution < -0.4 is 0 Å². The molecule has 0 amide bonds. The molecule has 0 bridgehead atoms. The van der Waals surface area contributed by atoms with Crippen molar-refractivity contribution in [2.24, 2.45) is 0 Å². The molecule has 0 aliphatic heterocycles. The zero-order valence-corrected chi connectivity index (χ0v) is 37.7. The van der Waals surface area contributed by atoms with E-state index in [1.165, 1.54) is 109 Å². The van der Waals surface area contributed by atoms with Gasteiger partial charge in [0, 0.05) is 12.8 Å². The molecule has 0 spiro atoms. The van der Waals surface area contributed by atoms with Gasteiger partial charge in [0.1, 0.15) is 43.2 Å². The van der Waals surface area contributed by atoms with Crippen molar-refractivity contribution >= 4 is 19.8 Å². The Morgan fingerprint density at radius 2 is 0.881 bits per heavy atom. The molecule has 0 aromatic heterocycles. The van der Waals surface area contributed by atoms with E-state index in [9.17, 15) is 44.6 Å². The van der Waals surface area contributed by atoms with Gasteiger partial charge in [-0.05, 0) is 32.1 Å². The summed E-state index contributed by atoms with van der Waals surface area (Å²) >= 11 is 0. The molecule has 0 aromatic rings. The monoisotopic (exact) mass is 865 g/mol. The average Bonchev–Trinajstić information content (AvgIpc) is 3.21. The molecule has 6 unspecified atom stereocenters. The van der Waals surface area contributed by atoms with Gasteiger partial charge >= 0.3 is 19.8 Å². The predicted molar refractivity (Wildman–Crippen MR) is 231 cm³/mol. The van der Waals surface area contributed by atoms with Gasteiger partial charge < -0.3 is 39.9 Å². The maximum atomic E-state index is 12.8. The van der Waals surface area contributed by atoms with Crippen LogP contribution >= 0.6 is 7.82 Å². The molecule has 1 aliphatic rings. The van der Waals surface area contributed by atoms with Gasteiger partial charge in [0.2, 0.25) is 0 Å². The third-order valence-electron chi connectivity index (χ3n) is 11.1. The predicted octanol–water partition coefficient (Wildman–Crippen LogP) is 9.06. The number of phosphoric ester groups is 1. The van der Waals surface area contributed by atoms with Crippen LogP contribution in [0.4, 0.5) is 0 Å². The number of allylic oxidation sites excluding steroid dienone is 2. The summed E-state index contributed by atoms with van der Waals surface area (Å²) in [5, 5.41) is 50.1. The summed E-state index contributed by atoms with van der Waals surface area (Å²) in [6.45, 7) is 3.26. The highest BCUT2D eigenvalue weighted by Crippen LogP contribution is 2.47. The van der Waals surface area contributed by atoms with E-state index in [0.29, 0.717) is 12.8 Å². The highest BCUT2D eigenvalue weighted by atomic mass is 31.2. The van der Waals surface area contributed by atoms with Gasteiger partial charge in [-0.15, -0.1) is 0 Å². The fourth-order valence-electron chi connectivity index (χ4n) is 7.27. The van der Waals surface area contributed by atoms with Crippen molar-refractivity contribution in [3.8, 4) is 0 Å². The standard InChI is InChI=1S/C45H85O13P/c1-3-5-7-9-11-13-15-16-17-18-19-20-21-22-24-25-27-29-31-33-38(46)55-35-37(57-39(47)34-32-30-28-26-23-14-12-10-8-6-4-2)36-56-59(53,54)58-45-43(51)41(49)40(48)42(50)44(45)52/h10,12,37,40-45,48-52H,3-9,11,13-36H2,1-2H3,(H,53,54)/b12-10+/t37-,40?,41-,42?,43?,44?,45?/m1/s1. The molecule has 0 saturated heterocycles. The van der Waals surface area contributed by atoms with E-state index >= 15 is 0 Å². The smallest absolute Gasteiger partial charge is 0.462 e. The van der Waals surface area contributed by atoms with E-state index in [0.717, 1.165) is 57.8 Å². The lowest BCUT2D eigenvalue weighted by atomic mass is 9.85. The first kappa shape index (κ1) is 55.6. The van der Waals surface area contributed by atoms with E-state index in [-0.39, 0.29) is 12.8 Å². The molecule has 8 atom stereocenters. The van der Waals surface area contributed by atoms with Crippen LogP contribution in [-0.4, -0.2) is 98.3 Å². The van der Waals surface area contributed by atoms with Crippen molar-refractivity contribution in [1.29, 1.82) is 0 Å². The quantitative estimate of drug-likeness (QED) is 0.0148. The van der Waals surface area contributed by atoms with E-state index in [1.807, 2.05) is 0 Å². The molecular formula is C45H85O13P. The first-order chi connectivity index (χ1) is 28.4. The summed E-state index contributed by atoms with van der Waals surface area (Å²) in [7, 11) is -5.11. The number of aliphatic hydroxyl groups excluding tert-OH is 5. The molecule has 348 valence electrons. The van der Waals surface area contributed by atoms with Crippen LogP contribution in [0.1, 0.15) is 206 Å². The third-order valence-corrected chi connectivity index (χ3v) is 12.1. The van der Waals surface area contributed by atoms with Crippen LogP contribution in [0.25, 0.3) is 0 Å². The van der Waals surface area contributed by atoms with Crippen molar-refractivity contribution in [1.82, 2.24) is 0 Å². The van der Waals surface area contributed by atoms with Gasteiger partial charge in [0.05, 0.1) is 6.61 Å². The lowest BCUT2D eigenvalue weighted by Gasteiger charge is -2.41. The molecule has 0 radical (unpaired) electrons. The van der Waals surface area contributed by atoms with E-state index in [2.05, 4.69) is 26.0 Å². The fourth-order valence-corrected chi connectivity index (χ4v) is 8.24. The van der Waals surface area contributed by atoms with Gasteiger partial charge in [-0.2, -0.15) is 0 Å². The second-order valence-corrected chi connectivity index (χ2v) is 18.0. The van der Waals surface area contributed by atoms with Crippen LogP contribution in [0.15, 0.2) is 12.2 Å². The number of esters is 2. The molecular weight excluding hydrogens is 779 g/mol. The number of carbonyl (C=O) groups is 2. The van der Waals surface area contributed by atoms with Crippen molar-refractivity contribution in [3.63, 3.8) is 0 Å². The molecule has 59 heavy (non-hydrogen) atoms. The van der Waals surface area contributed by atoms with Gasteiger partial charge in [-0.1, -0.05) is 174 Å².